The van der Waals surface area contributed by atoms with E-state index in [0.717, 1.165) is 65.5 Å². The number of hydrogen-bond acceptors (Lipinski definition) is 11. The first-order chi connectivity index (χ1) is 27.1. The Kier molecular flexibility index (Phi) is 20.9. The van der Waals surface area contributed by atoms with Crippen LogP contribution in [0.1, 0.15) is 74.4 Å². The van der Waals surface area contributed by atoms with E-state index in [9.17, 15) is 14.4 Å². The van der Waals surface area contributed by atoms with Crippen molar-refractivity contribution < 1.29 is 38.4 Å². The summed E-state index contributed by atoms with van der Waals surface area (Å²) in [6.45, 7) is 4.64. The van der Waals surface area contributed by atoms with Gasteiger partial charge in [-0.3, -0.25) is 9.59 Å². The molecule has 0 bridgehead atoms. The summed E-state index contributed by atoms with van der Waals surface area (Å²) < 4.78 is 15.6. The van der Waals surface area contributed by atoms with Gasteiger partial charge in [-0.25, -0.2) is 19.8 Å². The number of methoxy groups -OCH3 is 3. The number of likely N-dealkylation sites (tertiary alicyclic amines) is 2. The summed E-state index contributed by atoms with van der Waals surface area (Å²) in [4.78, 5) is 72.7. The number of aromatic amines is 2. The number of alkyl carbamates (subject to hydrolysis) is 1. The number of fused-ring (bicyclic) bond motifs is 1. The maximum absolute atomic E-state index is 13.6. The molecule has 4 heterocycles. The zero-order valence-electron chi connectivity index (χ0n) is 34.4. The molecule has 4 aromatic rings. The first-order valence-corrected chi connectivity index (χ1v) is 18.5. The normalized spacial score (nSPS) is 17.8. The summed E-state index contributed by atoms with van der Waals surface area (Å²) in [5, 5.41) is 2.61. The van der Waals surface area contributed by atoms with Crippen LogP contribution in [0.5, 0.6) is 0 Å². The standard InChI is InChI=1S/C40H48N8O8.4H2S/c1-24(52-3)34(42-23-56-55-6)38(49)48-20-8-10-33(48)37-43-29-18-15-27(21-30(29)44-37)12-11-26-13-16-28(17-14-26)31-22-41-36(45-31)32-9-7-19-47(32)39(50)35(25(2)53-4)46-40(51)54-5;;;;/h13-18,21-25,32-35H,7-10,19-20H2,1-6H3,(H,41,45)(H,43,44)(H,46,51);4*1H2/t24-,25-,32+,33+,34+,35+;;;;/m1..../s1. The van der Waals surface area contributed by atoms with Crippen LogP contribution in [0.2, 0.25) is 0 Å². The molecule has 2 aliphatic rings. The molecule has 0 aliphatic carbocycles. The fraction of sp³-hybridized carbons (Fsp3) is 0.450. The van der Waals surface area contributed by atoms with Crippen molar-refractivity contribution >= 4 is 89.3 Å². The van der Waals surface area contributed by atoms with E-state index >= 15 is 0 Å². The van der Waals surface area contributed by atoms with Crippen LogP contribution in [0.25, 0.3) is 22.3 Å². The Balaban J connectivity index is 0.00000310. The molecule has 0 radical (unpaired) electrons. The second-order valence-electron chi connectivity index (χ2n) is 13.7. The highest BCUT2D eigenvalue weighted by Crippen LogP contribution is 2.34. The predicted molar refractivity (Wildman–Crippen MR) is 248 cm³/mol. The highest BCUT2D eigenvalue weighted by atomic mass is 32.1. The summed E-state index contributed by atoms with van der Waals surface area (Å²) in [7, 11) is 5.65. The Bertz CT molecular complexity index is 2110. The third-order valence-corrected chi connectivity index (χ3v) is 10.3. The number of aromatic nitrogens is 4. The summed E-state index contributed by atoms with van der Waals surface area (Å²) in [5.74, 6) is 7.46. The van der Waals surface area contributed by atoms with Gasteiger partial charge < -0.3 is 44.2 Å². The number of imidazole rings is 2. The molecule has 2 aliphatic heterocycles. The molecule has 3 N–H and O–H groups in total. The number of H-pyrrole nitrogens is 2. The van der Waals surface area contributed by atoms with E-state index in [-0.39, 0.29) is 77.9 Å². The number of hydrogen-bond donors (Lipinski definition) is 3. The summed E-state index contributed by atoms with van der Waals surface area (Å²) in [6.07, 6.45) is 4.30. The second-order valence-corrected chi connectivity index (χ2v) is 13.7. The van der Waals surface area contributed by atoms with Crippen molar-refractivity contribution in [3.05, 3.63) is 71.4 Å². The Hall–Kier alpha value is -4.36. The van der Waals surface area contributed by atoms with E-state index in [1.54, 1.807) is 29.8 Å². The van der Waals surface area contributed by atoms with Gasteiger partial charge in [-0.2, -0.15) is 58.9 Å². The van der Waals surface area contributed by atoms with Crippen LogP contribution in [0.3, 0.4) is 0 Å². The molecule has 16 nitrogen and oxygen atoms in total. The third-order valence-electron chi connectivity index (χ3n) is 10.3. The fourth-order valence-corrected chi connectivity index (χ4v) is 7.12. The van der Waals surface area contributed by atoms with Crippen molar-refractivity contribution in [2.45, 2.75) is 75.9 Å². The SMILES string of the molecule is COOC=N[C@H](C(=O)N1CCC[C@H]1c1nc2ccc(C#Cc3ccc(-c4cnc([C@@H]5CCCN5C(=O)[C@@H](NC(=O)OC)[C@@H](C)OC)[nH]4)cc3)cc2[nH]1)[C@@H](C)OC.S.S.S.S. The van der Waals surface area contributed by atoms with Gasteiger partial charge in [-0.15, -0.1) is 0 Å². The van der Waals surface area contributed by atoms with Crippen molar-refractivity contribution in [2.24, 2.45) is 4.99 Å². The van der Waals surface area contributed by atoms with Crippen LogP contribution < -0.4 is 5.32 Å². The fourth-order valence-electron chi connectivity index (χ4n) is 7.12. The predicted octanol–water partition coefficient (Wildman–Crippen LogP) is 4.90. The average molecular weight is 905 g/mol. The van der Waals surface area contributed by atoms with Gasteiger partial charge in [0, 0.05) is 38.4 Å². The van der Waals surface area contributed by atoms with Gasteiger partial charge >= 0.3 is 6.09 Å². The van der Waals surface area contributed by atoms with Crippen LogP contribution in [0.4, 0.5) is 4.79 Å². The molecule has 6 rings (SSSR count). The number of carbonyl (C=O) groups excluding carboxylic acids is 3. The van der Waals surface area contributed by atoms with Crippen LogP contribution >= 0.6 is 54.0 Å². The average Bonchev–Trinajstić information content (AvgIpc) is 4.06. The highest BCUT2D eigenvalue weighted by Gasteiger charge is 2.39. The zero-order valence-corrected chi connectivity index (χ0v) is 38.4. The number of ether oxygens (including phenoxy) is 3. The van der Waals surface area contributed by atoms with E-state index in [2.05, 4.69) is 42.0 Å². The monoisotopic (exact) mass is 904 g/mol. The molecule has 328 valence electrons. The number of nitrogens with one attached hydrogen (secondary N) is 3. The topological polar surface area (TPSA) is 186 Å². The van der Waals surface area contributed by atoms with Gasteiger partial charge in [0.05, 0.1) is 61.4 Å². The highest BCUT2D eigenvalue weighted by molar-refractivity contribution is 7.59. The molecule has 60 heavy (non-hydrogen) atoms. The molecule has 2 aromatic heterocycles. The largest absolute Gasteiger partial charge is 0.453 e. The van der Waals surface area contributed by atoms with Crippen LogP contribution in [0, 0.1) is 11.8 Å². The van der Waals surface area contributed by atoms with E-state index in [1.807, 2.05) is 42.5 Å². The van der Waals surface area contributed by atoms with Crippen LogP contribution in [-0.2, 0) is 33.6 Å². The van der Waals surface area contributed by atoms with Crippen LogP contribution in [-0.4, -0.2) is 120 Å². The third kappa shape index (κ3) is 11.9. The quantitative estimate of drug-likeness (QED) is 0.0548. The first-order valence-electron chi connectivity index (χ1n) is 18.5. The number of nitrogens with zero attached hydrogens (tertiary/aromatic N) is 5. The smallest absolute Gasteiger partial charge is 0.407 e. The number of benzene rings is 2. The maximum Gasteiger partial charge on any atom is 0.407 e. The van der Waals surface area contributed by atoms with Gasteiger partial charge in [0.25, 0.3) is 5.91 Å². The molecular formula is C40H56N8O8S4. The molecule has 0 unspecified atom stereocenters. The number of aliphatic imine (C=N–C) groups is 1. The van der Waals surface area contributed by atoms with Gasteiger partial charge in [0.15, 0.2) is 6.04 Å². The van der Waals surface area contributed by atoms with E-state index < -0.39 is 30.4 Å². The van der Waals surface area contributed by atoms with Crippen molar-refractivity contribution in [2.75, 3.05) is 41.5 Å². The van der Waals surface area contributed by atoms with Gasteiger partial charge in [0.2, 0.25) is 12.3 Å². The van der Waals surface area contributed by atoms with Crippen LogP contribution in [0.15, 0.2) is 53.7 Å². The Morgan fingerprint density at radius 3 is 2.08 bits per heavy atom. The van der Waals surface area contributed by atoms with E-state index in [1.165, 1.54) is 28.4 Å². The van der Waals surface area contributed by atoms with E-state index in [4.69, 9.17) is 24.1 Å². The molecule has 2 fully saturated rings. The lowest BCUT2D eigenvalue weighted by molar-refractivity contribution is -0.188. The summed E-state index contributed by atoms with van der Waals surface area (Å²) in [5.41, 5.74) is 5.00. The minimum atomic E-state index is -0.900. The number of amides is 3. The molecule has 3 amide bonds. The molecule has 2 aromatic carbocycles. The zero-order chi connectivity index (χ0) is 39.8. The number of rotatable bonds is 13. The van der Waals surface area contributed by atoms with Crippen molar-refractivity contribution in [3.8, 4) is 23.1 Å². The molecule has 2 saturated heterocycles. The summed E-state index contributed by atoms with van der Waals surface area (Å²) >= 11 is 0. The minimum Gasteiger partial charge on any atom is -0.453 e. The van der Waals surface area contributed by atoms with Crippen molar-refractivity contribution in [1.82, 2.24) is 35.1 Å². The second kappa shape index (κ2) is 24.2. The van der Waals surface area contributed by atoms with Gasteiger partial charge in [0.1, 0.15) is 17.7 Å². The first kappa shape index (κ1) is 51.8. The maximum atomic E-state index is 13.6. The molecule has 0 saturated carbocycles. The van der Waals surface area contributed by atoms with Crippen molar-refractivity contribution in [3.63, 3.8) is 0 Å². The lowest BCUT2D eigenvalue weighted by Crippen LogP contribution is -2.54. The Morgan fingerprint density at radius 2 is 1.45 bits per heavy atom. The number of carbonyl (C=O) groups is 3. The van der Waals surface area contributed by atoms with Crippen molar-refractivity contribution in [1.29, 1.82) is 0 Å². The molecule has 0 spiro atoms. The molecular weight excluding hydrogens is 849 g/mol. The lowest BCUT2D eigenvalue weighted by atomic mass is 10.1. The summed E-state index contributed by atoms with van der Waals surface area (Å²) in [6, 6.07) is 11.5. The Labute approximate surface area is 378 Å². The van der Waals surface area contributed by atoms with E-state index in [0.29, 0.717) is 24.7 Å². The molecule has 20 heteroatoms. The lowest BCUT2D eigenvalue weighted by Gasteiger charge is -2.30. The minimum absolute atomic E-state index is 0. The molecule has 6 atom stereocenters. The van der Waals surface area contributed by atoms with Gasteiger partial charge in [-0.1, -0.05) is 24.0 Å². The van der Waals surface area contributed by atoms with Gasteiger partial charge in [-0.05, 0) is 75.4 Å². The Morgan fingerprint density at radius 1 is 0.833 bits per heavy atom.